The largest absolute Gasteiger partial charge is 0.462 e. The Morgan fingerprint density at radius 2 is 1.41 bits per heavy atom. The van der Waals surface area contributed by atoms with Gasteiger partial charge in [0.25, 0.3) is 0 Å². The molecule has 4 rings (SSSR count). The lowest BCUT2D eigenvalue weighted by atomic mass is 9.45. The molecule has 4 aliphatic carbocycles. The lowest BCUT2D eigenvalue weighted by Crippen LogP contribution is -2.53. The maximum absolute atomic E-state index is 13.6. The highest BCUT2D eigenvalue weighted by Crippen LogP contribution is 2.67. The average molecular weight is 814 g/mol. The molecule has 10 nitrogen and oxygen atoms in total. The van der Waals surface area contributed by atoms with Crippen molar-refractivity contribution in [2.45, 2.75) is 196 Å². The SMILES string of the molecule is CC(C)CCC[C@@H](C)C1C=C2CC(OC(=O)CCC(=O)N(CCCCNC(=O)OC(C)(C)C)CCCNC(=O)OC(C)(C)C)CCC2(C)C2CCC3(C)CCCC3C12. The van der Waals surface area contributed by atoms with E-state index in [1.807, 2.05) is 41.5 Å². The van der Waals surface area contributed by atoms with Crippen molar-refractivity contribution >= 4 is 24.1 Å². The number of carbonyl (C=O) groups excluding carboxylic acids is 4. The van der Waals surface area contributed by atoms with Gasteiger partial charge in [0.05, 0.1) is 6.42 Å². The Kier molecular flexibility index (Phi) is 17.1. The molecule has 58 heavy (non-hydrogen) atoms. The van der Waals surface area contributed by atoms with E-state index in [1.165, 1.54) is 56.9 Å². The van der Waals surface area contributed by atoms with Gasteiger partial charge in [-0.05, 0) is 146 Å². The molecule has 0 bridgehead atoms. The number of rotatable bonds is 18. The highest BCUT2D eigenvalue weighted by molar-refractivity contribution is 5.81. The van der Waals surface area contributed by atoms with Crippen LogP contribution < -0.4 is 10.6 Å². The number of unbranched alkanes of at least 4 members (excludes halogenated alkanes) is 1. The van der Waals surface area contributed by atoms with Crippen LogP contribution in [0, 0.1) is 46.3 Å². The first-order valence-corrected chi connectivity index (χ1v) is 23.2. The zero-order chi connectivity index (χ0) is 42.9. The van der Waals surface area contributed by atoms with E-state index in [-0.39, 0.29) is 36.2 Å². The molecule has 0 aromatic heterocycles. The number of carbonyl (C=O) groups is 4. The Labute approximate surface area is 352 Å². The van der Waals surface area contributed by atoms with Crippen molar-refractivity contribution in [3.05, 3.63) is 11.6 Å². The van der Waals surface area contributed by atoms with Crippen LogP contribution in [0.3, 0.4) is 0 Å². The summed E-state index contributed by atoms with van der Waals surface area (Å²) < 4.78 is 16.9. The topological polar surface area (TPSA) is 123 Å². The second-order valence-corrected chi connectivity index (χ2v) is 21.5. The molecule has 0 heterocycles. The van der Waals surface area contributed by atoms with Crippen molar-refractivity contribution in [1.29, 1.82) is 0 Å². The van der Waals surface area contributed by atoms with Gasteiger partial charge < -0.3 is 29.7 Å². The van der Waals surface area contributed by atoms with Crippen LogP contribution in [0.15, 0.2) is 11.6 Å². The number of allylic oxidation sites excluding steroid dienone is 1. The quantitative estimate of drug-likeness (QED) is 0.0611. The molecule has 0 radical (unpaired) electrons. The molecule has 8 atom stereocenters. The highest BCUT2D eigenvalue weighted by Gasteiger charge is 2.59. The molecule has 3 fully saturated rings. The van der Waals surface area contributed by atoms with E-state index < -0.39 is 23.4 Å². The lowest BCUT2D eigenvalue weighted by molar-refractivity contribution is -0.153. The van der Waals surface area contributed by atoms with Gasteiger partial charge in [0.1, 0.15) is 17.3 Å². The first kappa shape index (κ1) is 47.9. The normalized spacial score (nSPS) is 28.6. The van der Waals surface area contributed by atoms with E-state index in [4.69, 9.17) is 14.2 Å². The number of nitrogens with zero attached hydrogens (tertiary/aromatic N) is 1. The molecule has 3 saturated carbocycles. The zero-order valence-electron chi connectivity index (χ0n) is 38.6. The molecule has 0 spiro atoms. The maximum atomic E-state index is 13.6. The monoisotopic (exact) mass is 814 g/mol. The third kappa shape index (κ3) is 13.9. The van der Waals surface area contributed by atoms with Gasteiger partial charge in [-0.15, -0.1) is 0 Å². The van der Waals surface area contributed by atoms with Crippen molar-refractivity contribution in [3.8, 4) is 0 Å². The van der Waals surface area contributed by atoms with Gasteiger partial charge in [-0.3, -0.25) is 9.59 Å². The molecule has 0 aliphatic heterocycles. The van der Waals surface area contributed by atoms with Gasteiger partial charge in [-0.2, -0.15) is 0 Å². The van der Waals surface area contributed by atoms with Crippen molar-refractivity contribution in [2.75, 3.05) is 26.2 Å². The van der Waals surface area contributed by atoms with Crippen LogP contribution >= 0.6 is 0 Å². The molecule has 2 N–H and O–H groups in total. The molecule has 0 aromatic carbocycles. The summed E-state index contributed by atoms with van der Waals surface area (Å²) in [5, 5.41) is 5.54. The standard InChI is InChI=1S/C48H83N3O7/c1-33(2)17-14-18-34(3)37-32-35-31-36(22-26-48(35,11)39-23-25-47(10)24-15-19-38(47)42(37)39)56-41(53)21-20-40(52)51(30-16-28-50-44(55)58-46(7,8)9)29-13-12-27-49-43(54)57-45(4,5)6/h32-34,36-39,42H,12-31H2,1-11H3,(H,49,54)(H,50,55)/t34-,36?,37?,38?,39?,42?,47?,48?/m1/s1. The number of hydrogen-bond donors (Lipinski definition) is 2. The minimum Gasteiger partial charge on any atom is -0.462 e. The molecule has 3 amide bonds. The van der Waals surface area contributed by atoms with Crippen molar-refractivity contribution in [3.63, 3.8) is 0 Å². The fourth-order valence-corrected chi connectivity index (χ4v) is 11.1. The van der Waals surface area contributed by atoms with Crippen LogP contribution in [-0.4, -0.2) is 72.4 Å². The predicted octanol–water partition coefficient (Wildman–Crippen LogP) is 10.8. The molecule has 0 aromatic rings. The second kappa shape index (κ2) is 20.7. The van der Waals surface area contributed by atoms with Crippen LogP contribution in [0.1, 0.15) is 179 Å². The smallest absolute Gasteiger partial charge is 0.407 e. The number of hydrogen-bond acceptors (Lipinski definition) is 7. The van der Waals surface area contributed by atoms with Gasteiger partial charge in [0.2, 0.25) is 5.91 Å². The Morgan fingerprint density at radius 1 is 0.776 bits per heavy atom. The third-order valence-corrected chi connectivity index (χ3v) is 14.0. The third-order valence-electron chi connectivity index (χ3n) is 14.0. The Morgan fingerprint density at radius 3 is 2.05 bits per heavy atom. The number of alkyl carbamates (subject to hydrolysis) is 2. The molecular formula is C48H83N3O7. The fraction of sp³-hybridized carbons (Fsp3) is 0.875. The van der Waals surface area contributed by atoms with Gasteiger partial charge in [0, 0.05) is 39.0 Å². The number of fused-ring (bicyclic) bond motifs is 5. The van der Waals surface area contributed by atoms with Crippen LogP contribution in [0.4, 0.5) is 9.59 Å². The Bertz CT molecular complexity index is 1410. The van der Waals surface area contributed by atoms with E-state index in [1.54, 1.807) is 4.90 Å². The summed E-state index contributed by atoms with van der Waals surface area (Å²) in [6.07, 6.45) is 17.0. The number of amides is 3. The van der Waals surface area contributed by atoms with Crippen LogP contribution in [0.2, 0.25) is 0 Å². The van der Waals surface area contributed by atoms with Crippen LogP contribution in [0.5, 0.6) is 0 Å². The van der Waals surface area contributed by atoms with Gasteiger partial charge in [0.15, 0.2) is 0 Å². The Hall–Kier alpha value is -2.78. The summed E-state index contributed by atoms with van der Waals surface area (Å²) in [6.45, 7) is 24.9. The fourth-order valence-electron chi connectivity index (χ4n) is 11.1. The summed E-state index contributed by atoms with van der Waals surface area (Å²) >= 11 is 0. The molecule has 7 unspecified atom stereocenters. The first-order valence-electron chi connectivity index (χ1n) is 23.2. The van der Waals surface area contributed by atoms with Crippen molar-refractivity contribution < 1.29 is 33.4 Å². The summed E-state index contributed by atoms with van der Waals surface area (Å²) in [5.74, 6) is 3.84. The van der Waals surface area contributed by atoms with E-state index >= 15 is 0 Å². The summed E-state index contributed by atoms with van der Waals surface area (Å²) in [4.78, 5) is 53.0. The number of nitrogens with one attached hydrogen (secondary N) is 2. The first-order chi connectivity index (χ1) is 27.1. The van der Waals surface area contributed by atoms with E-state index in [2.05, 4.69) is 51.3 Å². The average Bonchev–Trinajstić information content (AvgIpc) is 3.51. The minimum atomic E-state index is -0.594. The summed E-state index contributed by atoms with van der Waals surface area (Å²) in [6, 6.07) is 0. The van der Waals surface area contributed by atoms with E-state index in [0.29, 0.717) is 68.6 Å². The van der Waals surface area contributed by atoms with E-state index in [9.17, 15) is 19.2 Å². The molecule has 4 aliphatic rings. The molecular weight excluding hydrogens is 731 g/mol. The van der Waals surface area contributed by atoms with E-state index in [0.717, 1.165) is 37.0 Å². The minimum absolute atomic E-state index is 0.0407. The number of ether oxygens (including phenoxy) is 3. The van der Waals surface area contributed by atoms with Crippen LogP contribution in [0.25, 0.3) is 0 Å². The van der Waals surface area contributed by atoms with Gasteiger partial charge in [-0.25, -0.2) is 9.59 Å². The van der Waals surface area contributed by atoms with Crippen LogP contribution in [-0.2, 0) is 23.8 Å². The summed E-state index contributed by atoms with van der Waals surface area (Å²) in [5.41, 5.74) is 1.03. The lowest BCUT2D eigenvalue weighted by Gasteiger charge is -2.60. The summed E-state index contributed by atoms with van der Waals surface area (Å²) in [7, 11) is 0. The van der Waals surface area contributed by atoms with Crippen molar-refractivity contribution in [1.82, 2.24) is 15.5 Å². The Balaban J connectivity index is 1.34. The predicted molar refractivity (Wildman–Crippen MR) is 231 cm³/mol. The zero-order valence-corrected chi connectivity index (χ0v) is 38.6. The molecule has 10 heteroatoms. The van der Waals surface area contributed by atoms with Gasteiger partial charge >= 0.3 is 18.2 Å². The maximum Gasteiger partial charge on any atom is 0.407 e. The van der Waals surface area contributed by atoms with Crippen molar-refractivity contribution in [2.24, 2.45) is 46.3 Å². The molecule has 0 saturated heterocycles. The molecule has 332 valence electrons. The highest BCUT2D eigenvalue weighted by atomic mass is 16.6. The van der Waals surface area contributed by atoms with Gasteiger partial charge in [-0.1, -0.05) is 72.0 Å². The number of esters is 1. The second-order valence-electron chi connectivity index (χ2n) is 21.5.